The first kappa shape index (κ1) is 22.4. The fourth-order valence-corrected chi connectivity index (χ4v) is 5.39. The Morgan fingerprint density at radius 2 is 1.74 bits per heavy atom. The molecule has 0 aromatic heterocycles. The molecule has 34 heavy (non-hydrogen) atoms. The molecule has 1 aliphatic carbocycles. The summed E-state index contributed by atoms with van der Waals surface area (Å²) in [5.74, 6) is 0.515. The molecular weight excluding hydrogens is 426 g/mol. The van der Waals surface area contributed by atoms with E-state index >= 15 is 0 Å². The summed E-state index contributed by atoms with van der Waals surface area (Å²) in [6, 6.07) is 13.6. The van der Waals surface area contributed by atoms with Crippen molar-refractivity contribution < 1.29 is 9.59 Å². The van der Waals surface area contributed by atoms with Crippen LogP contribution in [0.5, 0.6) is 0 Å². The summed E-state index contributed by atoms with van der Waals surface area (Å²) in [6.45, 7) is 6.67. The minimum atomic E-state index is -0.983. The fourth-order valence-electron chi connectivity index (χ4n) is 5.39. The third kappa shape index (κ3) is 3.73. The van der Waals surface area contributed by atoms with E-state index in [1.165, 1.54) is 0 Å². The summed E-state index contributed by atoms with van der Waals surface area (Å²) in [5, 5.41) is 2.89. The first-order valence-corrected chi connectivity index (χ1v) is 12.1. The number of nitrogens with one attached hydrogen (secondary N) is 1. The van der Waals surface area contributed by atoms with Crippen LogP contribution in [-0.2, 0) is 4.79 Å². The largest absolute Gasteiger partial charge is 0.356 e. The smallest absolute Gasteiger partial charge is 0.328 e. The molecule has 2 aromatic carbocycles. The zero-order valence-corrected chi connectivity index (χ0v) is 20.6. The van der Waals surface area contributed by atoms with Gasteiger partial charge in [0.25, 0.3) is 5.91 Å². The maximum Gasteiger partial charge on any atom is 0.328 e. The normalized spacial score (nSPS) is 22.0. The number of likely N-dealkylation sites (N-methyl/N-ethyl adjacent to an activating group) is 1. The third-order valence-corrected chi connectivity index (χ3v) is 7.58. The Bertz CT molecular complexity index is 1180. The van der Waals surface area contributed by atoms with Gasteiger partial charge in [0.05, 0.1) is 22.6 Å². The number of aliphatic imine (C=N–C) groups is 1. The molecule has 0 spiro atoms. The number of aryl methyl sites for hydroxylation is 1. The average Bonchev–Trinajstić information content (AvgIpc) is 2.88. The molecule has 1 fully saturated rings. The van der Waals surface area contributed by atoms with Gasteiger partial charge in [0.2, 0.25) is 6.17 Å². The number of amidine groups is 1. The number of carbonyl (C=O) groups is 2. The van der Waals surface area contributed by atoms with E-state index in [2.05, 4.69) is 31.1 Å². The first-order chi connectivity index (χ1) is 16.2. The van der Waals surface area contributed by atoms with Crippen molar-refractivity contribution in [2.75, 3.05) is 23.9 Å². The summed E-state index contributed by atoms with van der Waals surface area (Å²) < 4.78 is 0. The zero-order valence-electron chi connectivity index (χ0n) is 20.6. The van der Waals surface area contributed by atoms with Crippen LogP contribution in [0.1, 0.15) is 50.7 Å². The number of urea groups is 1. The van der Waals surface area contributed by atoms with Crippen LogP contribution in [0.3, 0.4) is 0 Å². The van der Waals surface area contributed by atoms with Crippen LogP contribution in [0.25, 0.3) is 0 Å². The second-order valence-corrected chi connectivity index (χ2v) is 10.6. The topological polar surface area (TPSA) is 68.2 Å². The Hall–Kier alpha value is -3.35. The van der Waals surface area contributed by atoms with Crippen molar-refractivity contribution in [3.8, 4) is 0 Å². The van der Waals surface area contributed by atoms with Crippen molar-refractivity contribution in [2.24, 2.45) is 10.4 Å². The lowest BCUT2D eigenvalue weighted by Crippen LogP contribution is -2.51. The highest BCUT2D eigenvalue weighted by Crippen LogP contribution is 2.41. The number of hydrogen-bond acceptors (Lipinski definition) is 4. The molecule has 7 heteroatoms. The second kappa shape index (κ2) is 8.15. The molecule has 3 aliphatic rings. The van der Waals surface area contributed by atoms with E-state index in [0.29, 0.717) is 11.5 Å². The molecule has 1 saturated carbocycles. The molecule has 1 N–H and O–H groups in total. The van der Waals surface area contributed by atoms with Crippen molar-refractivity contribution in [2.45, 2.75) is 58.7 Å². The predicted molar refractivity (Wildman–Crippen MR) is 136 cm³/mol. The number of nitrogens with zero attached hydrogens (tertiary/aromatic N) is 4. The Kier molecular flexibility index (Phi) is 5.38. The SMILES string of the molecule is Cc1cccc(N2C(=O)N[C@@H]3N=C(N(C)C4CCC(C)(C)CC4)c4c(cccc42)N(C)C3=O)c1. The summed E-state index contributed by atoms with van der Waals surface area (Å²) >= 11 is 0. The maximum atomic E-state index is 13.5. The van der Waals surface area contributed by atoms with Gasteiger partial charge in [0.15, 0.2) is 0 Å². The number of fused-ring (bicyclic) bond motifs is 1. The Morgan fingerprint density at radius 3 is 2.44 bits per heavy atom. The first-order valence-electron chi connectivity index (χ1n) is 12.1. The summed E-state index contributed by atoms with van der Waals surface area (Å²) in [7, 11) is 3.84. The minimum Gasteiger partial charge on any atom is -0.356 e. The Morgan fingerprint density at radius 1 is 1.06 bits per heavy atom. The molecule has 1 atom stereocenters. The average molecular weight is 460 g/mol. The molecule has 5 rings (SSSR count). The minimum absolute atomic E-state index is 0.244. The molecule has 178 valence electrons. The molecule has 2 aromatic rings. The lowest BCUT2D eigenvalue weighted by Gasteiger charge is -2.41. The van der Waals surface area contributed by atoms with Gasteiger partial charge < -0.3 is 15.1 Å². The van der Waals surface area contributed by atoms with Crippen molar-refractivity contribution in [3.63, 3.8) is 0 Å². The van der Waals surface area contributed by atoms with Crippen LogP contribution in [0.15, 0.2) is 47.5 Å². The van der Waals surface area contributed by atoms with Gasteiger partial charge in [-0.25, -0.2) is 9.79 Å². The van der Waals surface area contributed by atoms with Gasteiger partial charge in [-0.2, -0.15) is 0 Å². The van der Waals surface area contributed by atoms with Gasteiger partial charge in [-0.1, -0.05) is 32.0 Å². The van der Waals surface area contributed by atoms with Crippen LogP contribution in [0.4, 0.5) is 21.9 Å². The molecule has 2 heterocycles. The molecule has 2 bridgehead atoms. The zero-order chi connectivity index (χ0) is 24.2. The van der Waals surface area contributed by atoms with Crippen LogP contribution >= 0.6 is 0 Å². The van der Waals surface area contributed by atoms with Gasteiger partial charge in [0, 0.05) is 20.1 Å². The van der Waals surface area contributed by atoms with Crippen LogP contribution in [-0.4, -0.2) is 49.0 Å². The highest BCUT2D eigenvalue weighted by molar-refractivity contribution is 6.19. The summed E-state index contributed by atoms with van der Waals surface area (Å²) in [4.78, 5) is 37.3. The second-order valence-electron chi connectivity index (χ2n) is 10.6. The fraction of sp³-hybridized carbons (Fsp3) is 0.444. The molecule has 0 saturated heterocycles. The molecule has 0 unspecified atom stereocenters. The van der Waals surface area contributed by atoms with E-state index in [1.54, 1.807) is 16.8 Å². The molecule has 0 radical (unpaired) electrons. The Labute approximate surface area is 201 Å². The number of anilines is 3. The van der Waals surface area contributed by atoms with Gasteiger partial charge in [0.1, 0.15) is 5.84 Å². The highest BCUT2D eigenvalue weighted by atomic mass is 16.2. The third-order valence-electron chi connectivity index (χ3n) is 7.58. The van der Waals surface area contributed by atoms with Crippen molar-refractivity contribution in [1.29, 1.82) is 0 Å². The van der Waals surface area contributed by atoms with Gasteiger partial charge >= 0.3 is 6.03 Å². The summed E-state index contributed by atoms with van der Waals surface area (Å²) in [5.41, 5.74) is 4.48. The van der Waals surface area contributed by atoms with E-state index in [9.17, 15) is 9.59 Å². The predicted octanol–water partition coefficient (Wildman–Crippen LogP) is 4.81. The number of rotatable bonds is 2. The molecular formula is C27H33N5O2. The molecule has 2 aliphatic heterocycles. The van der Waals surface area contributed by atoms with E-state index in [0.717, 1.165) is 59.7 Å². The molecule has 3 amide bonds. The van der Waals surface area contributed by atoms with Crippen molar-refractivity contribution >= 4 is 34.8 Å². The van der Waals surface area contributed by atoms with E-state index in [4.69, 9.17) is 4.99 Å². The van der Waals surface area contributed by atoms with Crippen molar-refractivity contribution in [1.82, 2.24) is 10.2 Å². The number of amides is 3. The van der Waals surface area contributed by atoms with Gasteiger partial charge in [-0.05, 0) is 67.9 Å². The van der Waals surface area contributed by atoms with E-state index in [-0.39, 0.29) is 11.9 Å². The van der Waals surface area contributed by atoms with E-state index in [1.807, 2.05) is 49.4 Å². The number of benzene rings is 2. The lowest BCUT2D eigenvalue weighted by molar-refractivity contribution is -0.119. The van der Waals surface area contributed by atoms with E-state index < -0.39 is 6.17 Å². The lowest BCUT2D eigenvalue weighted by atomic mass is 9.75. The standard InChI is InChI=1S/C27H33N5O2/c1-17-8-6-9-19(16-17)32-21-11-7-10-20-22(21)24(28-23(29-26(32)34)25(33)31(20)5)30(4)18-12-14-27(2,3)15-13-18/h6-11,16,18,23H,12-15H2,1-5H3,(H,29,34)/t23-/m0/s1. The summed E-state index contributed by atoms with van der Waals surface area (Å²) in [6.07, 6.45) is 3.46. The maximum absolute atomic E-state index is 13.5. The number of hydrogen-bond donors (Lipinski definition) is 1. The monoisotopic (exact) mass is 459 g/mol. The van der Waals surface area contributed by atoms with Crippen molar-refractivity contribution in [3.05, 3.63) is 53.6 Å². The quantitative estimate of drug-likeness (QED) is 0.701. The molecule has 7 nitrogen and oxygen atoms in total. The van der Waals surface area contributed by atoms with Gasteiger partial charge in [-0.15, -0.1) is 0 Å². The Balaban J connectivity index is 1.68. The number of carbonyl (C=O) groups excluding carboxylic acids is 2. The van der Waals surface area contributed by atoms with Gasteiger partial charge in [-0.3, -0.25) is 9.69 Å². The van der Waals surface area contributed by atoms with Crippen LogP contribution in [0, 0.1) is 12.3 Å². The highest BCUT2D eigenvalue weighted by Gasteiger charge is 2.40. The van der Waals surface area contributed by atoms with Crippen LogP contribution < -0.4 is 15.1 Å². The van der Waals surface area contributed by atoms with Crippen LogP contribution in [0.2, 0.25) is 0 Å².